The van der Waals surface area contributed by atoms with Crippen LogP contribution in [0.5, 0.6) is 0 Å². The highest BCUT2D eigenvalue weighted by molar-refractivity contribution is 8.00. The average molecular weight is 353 g/mol. The molecule has 0 spiro atoms. The zero-order valence-corrected chi connectivity index (χ0v) is 15.2. The monoisotopic (exact) mass is 353 g/mol. The van der Waals surface area contributed by atoms with Crippen LogP contribution in [0, 0.1) is 13.8 Å². The van der Waals surface area contributed by atoms with E-state index < -0.39 is 0 Å². The van der Waals surface area contributed by atoms with Gasteiger partial charge in [-0.3, -0.25) is 4.79 Å². The number of para-hydroxylation sites is 1. The molecule has 0 saturated carbocycles. The molecule has 0 radical (unpaired) electrons. The lowest BCUT2D eigenvalue weighted by Crippen LogP contribution is -2.35. The lowest BCUT2D eigenvalue weighted by molar-refractivity contribution is -0.117. The number of carbonyl (C=O) groups excluding carboxylic acids is 1. The maximum Gasteiger partial charge on any atom is 0.253 e. The summed E-state index contributed by atoms with van der Waals surface area (Å²) in [6, 6.07) is 10.1. The van der Waals surface area contributed by atoms with Crippen LogP contribution in [0.2, 0.25) is 0 Å². The SMILES string of the molecule is Cc1cc(C)n2nc(S[C@H](C)C(=O)N3CCc4ccccc43)nc2n1. The Balaban J connectivity index is 1.55. The second-order valence-corrected chi connectivity index (χ2v) is 7.58. The molecule has 1 aliphatic rings. The van der Waals surface area contributed by atoms with Crippen LogP contribution in [0.3, 0.4) is 0 Å². The van der Waals surface area contributed by atoms with E-state index in [-0.39, 0.29) is 11.2 Å². The highest BCUT2D eigenvalue weighted by Gasteiger charge is 2.29. The van der Waals surface area contributed by atoms with E-state index in [1.807, 2.05) is 49.9 Å². The summed E-state index contributed by atoms with van der Waals surface area (Å²) in [6.07, 6.45) is 0.911. The van der Waals surface area contributed by atoms with Crippen molar-refractivity contribution < 1.29 is 4.79 Å². The van der Waals surface area contributed by atoms with E-state index in [9.17, 15) is 4.79 Å². The number of nitrogens with zero attached hydrogens (tertiary/aromatic N) is 5. The van der Waals surface area contributed by atoms with Gasteiger partial charge < -0.3 is 4.90 Å². The zero-order chi connectivity index (χ0) is 17.6. The van der Waals surface area contributed by atoms with Crippen LogP contribution in [-0.2, 0) is 11.2 Å². The first-order valence-corrected chi connectivity index (χ1v) is 9.18. The summed E-state index contributed by atoms with van der Waals surface area (Å²) >= 11 is 1.38. The molecule has 0 N–H and O–H groups in total. The second kappa shape index (κ2) is 6.15. The Morgan fingerprint density at radius 3 is 2.88 bits per heavy atom. The Morgan fingerprint density at radius 2 is 2.04 bits per heavy atom. The first kappa shape index (κ1) is 16.1. The molecule has 0 aliphatic carbocycles. The van der Waals surface area contributed by atoms with Gasteiger partial charge >= 0.3 is 0 Å². The molecule has 7 heteroatoms. The van der Waals surface area contributed by atoms with Crippen LogP contribution in [0.15, 0.2) is 35.5 Å². The van der Waals surface area contributed by atoms with Gasteiger partial charge in [0.05, 0.1) is 5.25 Å². The number of aryl methyl sites for hydroxylation is 2. The van der Waals surface area contributed by atoms with Gasteiger partial charge in [-0.2, -0.15) is 4.98 Å². The predicted molar refractivity (Wildman–Crippen MR) is 98.1 cm³/mol. The van der Waals surface area contributed by atoms with Crippen molar-refractivity contribution in [2.45, 2.75) is 37.6 Å². The zero-order valence-electron chi connectivity index (χ0n) is 14.4. The molecule has 0 fully saturated rings. The molecule has 6 nitrogen and oxygen atoms in total. The molecule has 3 aromatic rings. The highest BCUT2D eigenvalue weighted by Crippen LogP contribution is 2.30. The third kappa shape index (κ3) is 2.89. The van der Waals surface area contributed by atoms with Crippen molar-refractivity contribution in [3.8, 4) is 0 Å². The molecule has 0 saturated heterocycles. The van der Waals surface area contributed by atoms with Crippen molar-refractivity contribution >= 4 is 29.1 Å². The molecule has 3 heterocycles. The number of anilines is 1. The minimum Gasteiger partial charge on any atom is -0.311 e. The van der Waals surface area contributed by atoms with Gasteiger partial charge in [0.15, 0.2) is 0 Å². The van der Waals surface area contributed by atoms with E-state index in [1.54, 1.807) is 4.52 Å². The molecular weight excluding hydrogens is 334 g/mol. The number of hydrogen-bond acceptors (Lipinski definition) is 5. The van der Waals surface area contributed by atoms with Gasteiger partial charge in [-0.1, -0.05) is 30.0 Å². The molecule has 1 aliphatic heterocycles. The summed E-state index contributed by atoms with van der Waals surface area (Å²) in [5.41, 5.74) is 4.14. The first-order valence-electron chi connectivity index (χ1n) is 8.30. The van der Waals surface area contributed by atoms with Crippen molar-refractivity contribution in [3.63, 3.8) is 0 Å². The molecule has 1 amide bonds. The summed E-state index contributed by atoms with van der Waals surface area (Å²) in [6.45, 7) is 6.55. The molecular formula is C18H19N5OS. The normalized spacial score (nSPS) is 14.8. The fourth-order valence-corrected chi connectivity index (χ4v) is 4.00. The first-order chi connectivity index (χ1) is 12.0. The molecule has 0 unspecified atom stereocenters. The number of carbonyl (C=O) groups is 1. The average Bonchev–Trinajstić information content (AvgIpc) is 3.18. The van der Waals surface area contributed by atoms with Crippen molar-refractivity contribution in [3.05, 3.63) is 47.3 Å². The Bertz CT molecular complexity index is 967. The van der Waals surface area contributed by atoms with E-state index >= 15 is 0 Å². The van der Waals surface area contributed by atoms with E-state index in [2.05, 4.69) is 21.1 Å². The maximum absolute atomic E-state index is 12.9. The van der Waals surface area contributed by atoms with Gasteiger partial charge in [0, 0.05) is 23.6 Å². The molecule has 1 aromatic carbocycles. The number of aromatic nitrogens is 4. The largest absolute Gasteiger partial charge is 0.311 e. The van der Waals surface area contributed by atoms with Crippen molar-refractivity contribution in [1.82, 2.24) is 19.6 Å². The van der Waals surface area contributed by atoms with E-state index in [1.165, 1.54) is 17.3 Å². The number of hydrogen-bond donors (Lipinski definition) is 0. The van der Waals surface area contributed by atoms with Crippen LogP contribution >= 0.6 is 11.8 Å². The van der Waals surface area contributed by atoms with Crippen LogP contribution < -0.4 is 4.90 Å². The molecule has 128 valence electrons. The Morgan fingerprint density at radius 1 is 1.24 bits per heavy atom. The number of amides is 1. The third-order valence-electron chi connectivity index (χ3n) is 4.38. The smallest absolute Gasteiger partial charge is 0.253 e. The van der Waals surface area contributed by atoms with Gasteiger partial charge in [0.25, 0.3) is 5.78 Å². The summed E-state index contributed by atoms with van der Waals surface area (Å²) in [4.78, 5) is 23.6. The minimum absolute atomic E-state index is 0.0923. The van der Waals surface area contributed by atoms with Gasteiger partial charge in [0.1, 0.15) is 0 Å². The molecule has 2 aromatic heterocycles. The van der Waals surface area contributed by atoms with Gasteiger partial charge in [0.2, 0.25) is 11.1 Å². The molecule has 4 rings (SSSR count). The molecule has 0 bridgehead atoms. The Kier molecular flexibility index (Phi) is 3.95. The van der Waals surface area contributed by atoms with Crippen LogP contribution in [-0.4, -0.2) is 37.3 Å². The lowest BCUT2D eigenvalue weighted by atomic mass is 10.2. The molecule has 1 atom stereocenters. The summed E-state index contributed by atoms with van der Waals surface area (Å²) in [5, 5.41) is 4.80. The van der Waals surface area contributed by atoms with Crippen LogP contribution in [0.4, 0.5) is 5.69 Å². The Hall–Kier alpha value is -2.41. The highest BCUT2D eigenvalue weighted by atomic mass is 32.2. The van der Waals surface area contributed by atoms with Crippen LogP contribution in [0.1, 0.15) is 23.9 Å². The third-order valence-corrected chi connectivity index (χ3v) is 5.32. The second-order valence-electron chi connectivity index (χ2n) is 6.27. The standard InChI is InChI=1S/C18H19N5OS/c1-11-10-12(2)23-17(19-11)20-18(21-23)25-13(3)16(24)22-9-8-14-6-4-5-7-15(14)22/h4-7,10,13H,8-9H2,1-3H3/t13-/m1/s1. The molecule has 25 heavy (non-hydrogen) atoms. The van der Waals surface area contributed by atoms with E-state index in [0.29, 0.717) is 10.9 Å². The topological polar surface area (TPSA) is 63.4 Å². The predicted octanol–water partition coefficient (Wildman–Crippen LogP) is 2.81. The maximum atomic E-state index is 12.9. The lowest BCUT2D eigenvalue weighted by Gasteiger charge is -2.20. The van der Waals surface area contributed by atoms with Gasteiger partial charge in [-0.25, -0.2) is 9.50 Å². The number of thioether (sulfide) groups is 1. The van der Waals surface area contributed by atoms with Crippen molar-refractivity contribution in [2.24, 2.45) is 0 Å². The Labute approximate surface area is 150 Å². The number of fused-ring (bicyclic) bond motifs is 2. The van der Waals surface area contributed by atoms with E-state index in [4.69, 9.17) is 0 Å². The summed E-state index contributed by atoms with van der Waals surface area (Å²) < 4.78 is 1.72. The number of rotatable bonds is 3. The fourth-order valence-electron chi connectivity index (χ4n) is 3.19. The fraction of sp³-hybridized carbons (Fsp3) is 0.333. The number of benzene rings is 1. The summed E-state index contributed by atoms with van der Waals surface area (Å²) in [7, 11) is 0. The van der Waals surface area contributed by atoms with Crippen molar-refractivity contribution in [2.75, 3.05) is 11.4 Å². The van der Waals surface area contributed by atoms with Gasteiger partial charge in [-0.15, -0.1) is 5.10 Å². The quantitative estimate of drug-likeness (QED) is 0.678. The van der Waals surface area contributed by atoms with E-state index in [0.717, 1.165) is 30.0 Å². The van der Waals surface area contributed by atoms with Crippen LogP contribution in [0.25, 0.3) is 5.78 Å². The van der Waals surface area contributed by atoms with Crippen molar-refractivity contribution in [1.29, 1.82) is 0 Å². The minimum atomic E-state index is -0.259. The summed E-state index contributed by atoms with van der Waals surface area (Å²) in [5.74, 6) is 0.667. The van der Waals surface area contributed by atoms with Gasteiger partial charge in [-0.05, 0) is 44.9 Å².